The summed E-state index contributed by atoms with van der Waals surface area (Å²) in [6, 6.07) is 22.8. The Morgan fingerprint density at radius 2 is 1.54 bits per heavy atom. The van der Waals surface area contributed by atoms with Gasteiger partial charge < -0.3 is 4.57 Å². The minimum atomic E-state index is 0.118. The van der Waals surface area contributed by atoms with Crippen molar-refractivity contribution in [3.8, 4) is 11.1 Å². The van der Waals surface area contributed by atoms with Crippen molar-refractivity contribution in [3.05, 3.63) is 82.5 Å². The van der Waals surface area contributed by atoms with E-state index in [-0.39, 0.29) is 11.5 Å². The van der Waals surface area contributed by atoms with E-state index < -0.39 is 0 Å². The van der Waals surface area contributed by atoms with Crippen LogP contribution in [-0.4, -0.2) is 4.57 Å². The summed E-state index contributed by atoms with van der Waals surface area (Å²) in [5.74, 6) is 0. The molecule has 4 rings (SSSR count). The molecule has 2 heteroatoms. The Morgan fingerprint density at radius 3 is 2.23 bits per heavy atom. The molecule has 0 saturated carbocycles. The molecule has 0 saturated heterocycles. The van der Waals surface area contributed by atoms with Crippen molar-refractivity contribution in [3.63, 3.8) is 0 Å². The molecular formula is C24H23NO. The van der Waals surface area contributed by atoms with E-state index in [9.17, 15) is 4.79 Å². The van der Waals surface area contributed by atoms with E-state index in [0.29, 0.717) is 0 Å². The van der Waals surface area contributed by atoms with Gasteiger partial charge >= 0.3 is 0 Å². The SMILES string of the molecule is CCc1ccc2c(=O)c3ccccc3n(C(C)C)c2c1-c1ccccc1. The van der Waals surface area contributed by atoms with Crippen molar-refractivity contribution in [1.82, 2.24) is 4.57 Å². The predicted octanol–water partition coefficient (Wildman–Crippen LogP) is 5.97. The summed E-state index contributed by atoms with van der Waals surface area (Å²) in [6.45, 7) is 6.54. The lowest BCUT2D eigenvalue weighted by Crippen LogP contribution is -2.14. The van der Waals surface area contributed by atoms with Crippen molar-refractivity contribution in [1.29, 1.82) is 0 Å². The Labute approximate surface area is 153 Å². The Morgan fingerprint density at radius 1 is 0.846 bits per heavy atom. The van der Waals surface area contributed by atoms with E-state index in [1.165, 1.54) is 16.7 Å². The summed E-state index contributed by atoms with van der Waals surface area (Å²) < 4.78 is 2.33. The van der Waals surface area contributed by atoms with Crippen molar-refractivity contribution in [2.24, 2.45) is 0 Å². The molecule has 0 atom stereocenters. The third-order valence-corrected chi connectivity index (χ3v) is 5.12. The number of aryl methyl sites for hydroxylation is 1. The Balaban J connectivity index is 2.32. The van der Waals surface area contributed by atoms with Gasteiger partial charge in [0, 0.05) is 22.4 Å². The van der Waals surface area contributed by atoms with Crippen molar-refractivity contribution < 1.29 is 0 Å². The highest BCUT2D eigenvalue weighted by Crippen LogP contribution is 2.35. The highest BCUT2D eigenvalue weighted by molar-refractivity contribution is 6.02. The summed E-state index contributed by atoms with van der Waals surface area (Å²) >= 11 is 0. The van der Waals surface area contributed by atoms with Crippen LogP contribution in [-0.2, 0) is 6.42 Å². The van der Waals surface area contributed by atoms with Crippen LogP contribution in [0.3, 0.4) is 0 Å². The molecule has 130 valence electrons. The van der Waals surface area contributed by atoms with Gasteiger partial charge in [-0.2, -0.15) is 0 Å². The first-order chi connectivity index (χ1) is 12.6. The second kappa shape index (κ2) is 6.45. The fourth-order valence-electron chi connectivity index (χ4n) is 3.97. The van der Waals surface area contributed by atoms with Crippen LogP contribution < -0.4 is 5.43 Å². The Bertz CT molecular complexity index is 1150. The minimum absolute atomic E-state index is 0.118. The van der Waals surface area contributed by atoms with Crippen molar-refractivity contribution in [2.45, 2.75) is 33.2 Å². The van der Waals surface area contributed by atoms with E-state index in [4.69, 9.17) is 0 Å². The molecule has 0 N–H and O–H groups in total. The Hall–Kier alpha value is -2.87. The molecule has 0 amide bonds. The average molecular weight is 341 g/mol. The summed E-state index contributed by atoms with van der Waals surface area (Å²) in [7, 11) is 0. The van der Waals surface area contributed by atoms with Gasteiger partial charge in [0.25, 0.3) is 0 Å². The van der Waals surface area contributed by atoms with Crippen LogP contribution in [0.2, 0.25) is 0 Å². The zero-order valence-corrected chi connectivity index (χ0v) is 15.5. The number of pyridine rings is 1. The van der Waals surface area contributed by atoms with Crippen LogP contribution >= 0.6 is 0 Å². The maximum Gasteiger partial charge on any atom is 0.197 e. The van der Waals surface area contributed by atoms with Gasteiger partial charge in [0.1, 0.15) is 0 Å². The standard InChI is InChI=1S/C24H23NO/c1-4-17-14-15-20-23(22(17)18-10-6-5-7-11-18)25(16(2)3)21-13-9-8-12-19(21)24(20)26/h5-16H,4H2,1-3H3. The zero-order valence-electron chi connectivity index (χ0n) is 15.5. The normalized spacial score (nSPS) is 11.5. The lowest BCUT2D eigenvalue weighted by atomic mass is 9.93. The van der Waals surface area contributed by atoms with Gasteiger partial charge in [-0.3, -0.25) is 4.79 Å². The van der Waals surface area contributed by atoms with Gasteiger partial charge in [0.05, 0.1) is 11.0 Å². The van der Waals surface area contributed by atoms with Gasteiger partial charge in [-0.05, 0) is 49.6 Å². The largest absolute Gasteiger partial charge is 0.337 e. The van der Waals surface area contributed by atoms with Gasteiger partial charge in [-0.15, -0.1) is 0 Å². The highest BCUT2D eigenvalue weighted by atomic mass is 16.1. The monoisotopic (exact) mass is 341 g/mol. The van der Waals surface area contributed by atoms with Crippen LogP contribution in [0.5, 0.6) is 0 Å². The van der Waals surface area contributed by atoms with Crippen molar-refractivity contribution >= 4 is 21.8 Å². The molecule has 1 heterocycles. The van der Waals surface area contributed by atoms with Crippen molar-refractivity contribution in [2.75, 3.05) is 0 Å². The fourth-order valence-corrected chi connectivity index (χ4v) is 3.97. The third kappa shape index (κ3) is 2.45. The van der Waals surface area contributed by atoms with E-state index in [0.717, 1.165) is 28.2 Å². The number of hydrogen-bond acceptors (Lipinski definition) is 1. The topological polar surface area (TPSA) is 22.0 Å². The number of aromatic nitrogens is 1. The number of hydrogen-bond donors (Lipinski definition) is 0. The second-order valence-corrected chi connectivity index (χ2v) is 7.03. The lowest BCUT2D eigenvalue weighted by Gasteiger charge is -2.23. The maximum absolute atomic E-state index is 13.2. The maximum atomic E-state index is 13.2. The summed E-state index contributed by atoms with van der Waals surface area (Å²) in [5.41, 5.74) is 5.79. The second-order valence-electron chi connectivity index (χ2n) is 7.03. The van der Waals surface area contributed by atoms with Gasteiger partial charge in [-0.1, -0.05) is 55.5 Å². The Kier molecular flexibility index (Phi) is 4.12. The van der Waals surface area contributed by atoms with Gasteiger partial charge in [0.2, 0.25) is 0 Å². The molecule has 0 aliphatic carbocycles. The molecular weight excluding hydrogens is 318 g/mol. The fraction of sp³-hybridized carbons (Fsp3) is 0.208. The van der Waals surface area contributed by atoms with E-state index in [1.54, 1.807) is 0 Å². The molecule has 0 radical (unpaired) electrons. The van der Waals surface area contributed by atoms with Gasteiger partial charge in [-0.25, -0.2) is 0 Å². The van der Waals surface area contributed by atoms with E-state index in [1.807, 2.05) is 30.3 Å². The van der Waals surface area contributed by atoms with Crippen LogP contribution in [0, 0.1) is 0 Å². The van der Waals surface area contributed by atoms with Gasteiger partial charge in [0.15, 0.2) is 5.43 Å². The van der Waals surface area contributed by atoms with E-state index in [2.05, 4.69) is 61.7 Å². The van der Waals surface area contributed by atoms with Crippen LogP contribution in [0.25, 0.3) is 32.9 Å². The van der Waals surface area contributed by atoms with E-state index >= 15 is 0 Å². The molecule has 3 aromatic carbocycles. The number of fused-ring (bicyclic) bond motifs is 2. The molecule has 2 nitrogen and oxygen atoms in total. The van der Waals surface area contributed by atoms with Crippen LogP contribution in [0.15, 0.2) is 71.5 Å². The quantitative estimate of drug-likeness (QED) is 0.421. The number of nitrogens with zero attached hydrogens (tertiary/aromatic N) is 1. The first kappa shape index (κ1) is 16.6. The first-order valence-corrected chi connectivity index (χ1v) is 9.27. The smallest absolute Gasteiger partial charge is 0.197 e. The molecule has 0 unspecified atom stereocenters. The molecule has 26 heavy (non-hydrogen) atoms. The minimum Gasteiger partial charge on any atom is -0.337 e. The first-order valence-electron chi connectivity index (χ1n) is 9.27. The van der Waals surface area contributed by atoms with Crippen LogP contribution in [0.1, 0.15) is 32.4 Å². The third-order valence-electron chi connectivity index (χ3n) is 5.12. The lowest BCUT2D eigenvalue weighted by molar-refractivity contribution is 0.639. The number of para-hydroxylation sites is 1. The molecule has 0 fully saturated rings. The average Bonchev–Trinajstić information content (AvgIpc) is 2.68. The molecule has 0 bridgehead atoms. The molecule has 0 aliphatic rings. The zero-order chi connectivity index (χ0) is 18.3. The molecule has 1 aromatic heterocycles. The molecule has 0 aliphatic heterocycles. The molecule has 0 spiro atoms. The van der Waals surface area contributed by atoms with Crippen LogP contribution in [0.4, 0.5) is 0 Å². The number of rotatable bonds is 3. The summed E-state index contributed by atoms with van der Waals surface area (Å²) in [4.78, 5) is 13.2. The number of benzene rings is 3. The highest BCUT2D eigenvalue weighted by Gasteiger charge is 2.18. The predicted molar refractivity (Wildman–Crippen MR) is 111 cm³/mol. The molecule has 4 aromatic rings. The summed E-state index contributed by atoms with van der Waals surface area (Å²) in [6.07, 6.45) is 0.930. The summed E-state index contributed by atoms with van der Waals surface area (Å²) in [5, 5.41) is 1.59.